The minimum Gasteiger partial charge on any atom is -0.479 e. The first-order chi connectivity index (χ1) is 12.4. The molecule has 0 unspecified atom stereocenters. The molecule has 1 amide bonds. The Hall–Kier alpha value is -2.41. The number of hydrogen-bond donors (Lipinski definition) is 4. The lowest BCUT2D eigenvalue weighted by Crippen LogP contribution is -2.41. The first-order valence-electron chi connectivity index (χ1n) is 8.05. The maximum Gasteiger partial charge on any atom is 0.332 e. The molecule has 0 aliphatic carbocycles. The van der Waals surface area contributed by atoms with Crippen LogP contribution in [0, 0.1) is 0 Å². The molecule has 0 aliphatic rings. The van der Waals surface area contributed by atoms with Crippen molar-refractivity contribution in [3.63, 3.8) is 0 Å². The van der Waals surface area contributed by atoms with E-state index < -0.39 is 30.6 Å². The maximum absolute atomic E-state index is 11.4. The van der Waals surface area contributed by atoms with E-state index >= 15 is 0 Å². The molecule has 2 aromatic carbocycles. The molecular formula is C19H20ClNO5. The van der Waals surface area contributed by atoms with E-state index in [1.165, 1.54) is 0 Å². The molecule has 0 aromatic heterocycles. The van der Waals surface area contributed by atoms with Gasteiger partial charge in [-0.3, -0.25) is 4.79 Å². The van der Waals surface area contributed by atoms with Gasteiger partial charge in [-0.1, -0.05) is 48.0 Å². The van der Waals surface area contributed by atoms with Gasteiger partial charge in [-0.15, -0.1) is 0 Å². The van der Waals surface area contributed by atoms with Crippen molar-refractivity contribution < 1.29 is 24.9 Å². The lowest BCUT2D eigenvalue weighted by atomic mass is 9.98. The molecule has 0 bridgehead atoms. The fourth-order valence-electron chi connectivity index (χ4n) is 2.62. The molecule has 138 valence electrons. The molecular weight excluding hydrogens is 358 g/mol. The molecule has 0 saturated carbocycles. The van der Waals surface area contributed by atoms with Crippen molar-refractivity contribution in [3.8, 4) is 11.1 Å². The largest absolute Gasteiger partial charge is 0.479 e. The summed E-state index contributed by atoms with van der Waals surface area (Å²) in [7, 11) is 0. The Labute approximate surface area is 156 Å². The predicted molar refractivity (Wildman–Crippen MR) is 97.9 cm³/mol. The highest BCUT2D eigenvalue weighted by molar-refractivity contribution is 6.30. The van der Waals surface area contributed by atoms with Crippen LogP contribution in [-0.4, -0.2) is 45.9 Å². The van der Waals surface area contributed by atoms with Gasteiger partial charge in [0.05, 0.1) is 0 Å². The van der Waals surface area contributed by atoms with E-state index in [2.05, 4.69) is 5.32 Å². The van der Waals surface area contributed by atoms with Gasteiger partial charge >= 0.3 is 5.97 Å². The number of aliphatic hydroxyl groups excluding tert-OH is 2. The van der Waals surface area contributed by atoms with Crippen molar-refractivity contribution in [2.45, 2.75) is 25.0 Å². The van der Waals surface area contributed by atoms with Gasteiger partial charge in [-0.05, 0) is 35.2 Å². The van der Waals surface area contributed by atoms with Crippen LogP contribution in [0.3, 0.4) is 0 Å². The fraction of sp³-hybridized carbons (Fsp3) is 0.263. The van der Waals surface area contributed by atoms with Gasteiger partial charge in [0.2, 0.25) is 5.91 Å². The highest BCUT2D eigenvalue weighted by Crippen LogP contribution is 2.23. The lowest BCUT2D eigenvalue weighted by Gasteiger charge is -2.20. The first-order valence-corrected chi connectivity index (χ1v) is 8.43. The van der Waals surface area contributed by atoms with E-state index in [9.17, 15) is 14.7 Å². The Kier molecular flexibility index (Phi) is 7.15. The van der Waals surface area contributed by atoms with Gasteiger partial charge in [0, 0.05) is 17.5 Å². The van der Waals surface area contributed by atoms with Crippen molar-refractivity contribution >= 4 is 23.5 Å². The second-order valence-electron chi connectivity index (χ2n) is 5.92. The summed E-state index contributed by atoms with van der Waals surface area (Å²) < 4.78 is 0. The molecule has 2 rings (SSSR count). The van der Waals surface area contributed by atoms with Gasteiger partial charge in [0.25, 0.3) is 0 Å². The fourth-order valence-corrected chi connectivity index (χ4v) is 2.81. The van der Waals surface area contributed by atoms with Crippen LogP contribution in [0.4, 0.5) is 0 Å². The summed E-state index contributed by atoms with van der Waals surface area (Å²) in [6.45, 7) is -0.701. The summed E-state index contributed by atoms with van der Waals surface area (Å²) in [5.74, 6) is -1.98. The average Bonchev–Trinajstić information content (AvgIpc) is 2.62. The van der Waals surface area contributed by atoms with Gasteiger partial charge in [0.1, 0.15) is 6.61 Å². The standard InChI is InChI=1S/C19H20ClNO5/c20-15-3-1-2-14(9-15)13-6-4-12(5-7-13)8-16(21-18(24)11-22)10-17(23)19(25)26/h1-7,9,16-17,22-23H,8,10-11H2,(H,21,24)(H,25,26)/t16-,17-/m1/s1. The Morgan fingerprint density at radius 3 is 2.35 bits per heavy atom. The Bertz CT molecular complexity index is 763. The Morgan fingerprint density at radius 2 is 1.77 bits per heavy atom. The third kappa shape index (κ3) is 5.84. The number of aliphatic hydroxyl groups is 2. The van der Waals surface area contributed by atoms with E-state index in [0.717, 1.165) is 16.7 Å². The molecule has 2 aromatic rings. The van der Waals surface area contributed by atoms with Crippen molar-refractivity contribution in [3.05, 3.63) is 59.1 Å². The zero-order valence-corrected chi connectivity index (χ0v) is 14.7. The molecule has 2 atom stereocenters. The summed E-state index contributed by atoms with van der Waals surface area (Å²) in [6.07, 6.45) is -1.42. The number of benzene rings is 2. The predicted octanol–water partition coefficient (Wildman–Crippen LogP) is 1.86. The number of aliphatic carboxylic acids is 1. The monoisotopic (exact) mass is 377 g/mol. The van der Waals surface area contributed by atoms with Crippen LogP contribution in [0.5, 0.6) is 0 Å². The van der Waals surface area contributed by atoms with Gasteiger partial charge < -0.3 is 20.6 Å². The molecule has 0 radical (unpaired) electrons. The summed E-state index contributed by atoms with van der Waals surface area (Å²) in [5.41, 5.74) is 2.80. The van der Waals surface area contributed by atoms with E-state index in [0.29, 0.717) is 11.4 Å². The molecule has 0 saturated heterocycles. The van der Waals surface area contributed by atoms with E-state index in [1.807, 2.05) is 42.5 Å². The number of carbonyl (C=O) groups excluding carboxylic acids is 1. The molecule has 0 fully saturated rings. The quantitative estimate of drug-likeness (QED) is 0.561. The van der Waals surface area contributed by atoms with Crippen LogP contribution >= 0.6 is 11.6 Å². The summed E-state index contributed by atoms with van der Waals surface area (Å²) >= 11 is 6.00. The minimum absolute atomic E-state index is 0.156. The molecule has 0 heterocycles. The molecule has 26 heavy (non-hydrogen) atoms. The molecule has 0 aliphatic heterocycles. The minimum atomic E-state index is -1.59. The van der Waals surface area contributed by atoms with Crippen molar-refractivity contribution in [1.29, 1.82) is 0 Å². The van der Waals surface area contributed by atoms with Crippen molar-refractivity contribution in [1.82, 2.24) is 5.32 Å². The number of hydrogen-bond acceptors (Lipinski definition) is 4. The smallest absolute Gasteiger partial charge is 0.332 e. The Balaban J connectivity index is 2.11. The van der Waals surface area contributed by atoms with Gasteiger partial charge in [0.15, 0.2) is 6.10 Å². The second-order valence-corrected chi connectivity index (χ2v) is 6.36. The molecule has 0 spiro atoms. The number of halogens is 1. The zero-order chi connectivity index (χ0) is 19.1. The van der Waals surface area contributed by atoms with Crippen LogP contribution < -0.4 is 5.32 Å². The summed E-state index contributed by atoms with van der Waals surface area (Å²) in [4.78, 5) is 22.3. The highest BCUT2D eigenvalue weighted by Gasteiger charge is 2.21. The normalized spacial score (nSPS) is 13.0. The van der Waals surface area contributed by atoms with Gasteiger partial charge in [-0.25, -0.2) is 4.79 Å². The van der Waals surface area contributed by atoms with Gasteiger partial charge in [-0.2, -0.15) is 0 Å². The Morgan fingerprint density at radius 1 is 1.08 bits per heavy atom. The average molecular weight is 378 g/mol. The van der Waals surface area contributed by atoms with E-state index in [1.54, 1.807) is 6.07 Å². The topological polar surface area (TPSA) is 107 Å². The maximum atomic E-state index is 11.4. The number of carbonyl (C=O) groups is 2. The SMILES string of the molecule is O=C(CO)N[C@H](Cc1ccc(-c2cccc(Cl)c2)cc1)C[C@@H](O)C(=O)O. The third-order valence-electron chi connectivity index (χ3n) is 3.90. The van der Waals surface area contributed by atoms with Crippen LogP contribution in [-0.2, 0) is 16.0 Å². The van der Waals surface area contributed by atoms with Crippen molar-refractivity contribution in [2.75, 3.05) is 6.61 Å². The molecule has 7 heteroatoms. The number of rotatable bonds is 8. The number of carboxylic acids is 1. The lowest BCUT2D eigenvalue weighted by molar-refractivity contribution is -0.147. The van der Waals surface area contributed by atoms with Crippen LogP contribution in [0.2, 0.25) is 5.02 Å². The van der Waals surface area contributed by atoms with Crippen LogP contribution in [0.25, 0.3) is 11.1 Å². The highest BCUT2D eigenvalue weighted by atomic mass is 35.5. The zero-order valence-electron chi connectivity index (χ0n) is 13.9. The molecule has 6 nitrogen and oxygen atoms in total. The summed E-state index contributed by atoms with van der Waals surface area (Å²) in [5, 5.41) is 30.4. The van der Waals surface area contributed by atoms with E-state index in [-0.39, 0.29) is 6.42 Å². The van der Waals surface area contributed by atoms with Crippen LogP contribution in [0.1, 0.15) is 12.0 Å². The first kappa shape index (κ1) is 19.9. The van der Waals surface area contributed by atoms with Crippen LogP contribution in [0.15, 0.2) is 48.5 Å². The third-order valence-corrected chi connectivity index (χ3v) is 4.13. The number of nitrogens with one attached hydrogen (secondary N) is 1. The van der Waals surface area contributed by atoms with Crippen molar-refractivity contribution in [2.24, 2.45) is 0 Å². The number of amides is 1. The molecule has 4 N–H and O–H groups in total. The second kappa shape index (κ2) is 9.33. The number of carboxylic acid groups (broad SMARTS) is 1. The summed E-state index contributed by atoms with van der Waals surface area (Å²) in [6, 6.07) is 14.4. The van der Waals surface area contributed by atoms with E-state index in [4.69, 9.17) is 21.8 Å².